The zero-order chi connectivity index (χ0) is 20.0. The van der Waals surface area contributed by atoms with Crippen molar-refractivity contribution in [3.63, 3.8) is 0 Å². The predicted molar refractivity (Wildman–Crippen MR) is 115 cm³/mol. The Hall–Kier alpha value is 0.723. The molecule has 0 aromatic carbocycles. The Balaban J connectivity index is -0.0000000702. The van der Waals surface area contributed by atoms with Crippen LogP contribution in [0, 0.1) is 0 Å². The third kappa shape index (κ3) is 45.6. The van der Waals surface area contributed by atoms with E-state index < -0.39 is 0 Å². The maximum absolute atomic E-state index is 2.25. The molecule has 0 amide bonds. The van der Waals surface area contributed by atoms with Crippen molar-refractivity contribution < 1.29 is 26.2 Å². The normalized spacial score (nSPS) is 9.60. The molecule has 0 aliphatic carbocycles. The van der Waals surface area contributed by atoms with Gasteiger partial charge in [-0.15, -0.1) is 0 Å². The van der Waals surface area contributed by atoms with Crippen molar-refractivity contribution in [3.05, 3.63) is 0 Å². The summed E-state index contributed by atoms with van der Waals surface area (Å²) < 4.78 is 0. The first-order valence-electron chi connectivity index (χ1n) is 9.98. The summed E-state index contributed by atoms with van der Waals surface area (Å²) in [5, 5.41) is 0. The molecule has 0 spiro atoms. The summed E-state index contributed by atoms with van der Waals surface area (Å²) in [7, 11) is 8.44. The van der Waals surface area contributed by atoms with Gasteiger partial charge in [0.1, 0.15) is 0 Å². The smallest absolute Gasteiger partial charge is 0.307 e. The Morgan fingerprint density at radius 2 is 0.400 bits per heavy atom. The number of hydrogen-bond donors (Lipinski definition) is 0. The Kier molecular flexibility index (Phi) is 47.4. The van der Waals surface area contributed by atoms with E-state index in [1.54, 1.807) is 0 Å². The summed E-state index contributed by atoms with van der Waals surface area (Å²) in [6.45, 7) is 26.6. The largest absolute Gasteiger partial charge is 4.00 e. The van der Waals surface area contributed by atoms with Crippen molar-refractivity contribution in [1.82, 2.24) is 19.6 Å². The Morgan fingerprint density at radius 1 is 0.320 bits per heavy atom. The summed E-state index contributed by atoms with van der Waals surface area (Å²) in [6.07, 6.45) is 0. The molecule has 0 fully saturated rings. The van der Waals surface area contributed by atoms with Crippen molar-refractivity contribution in [2.75, 3.05) is 80.5 Å². The van der Waals surface area contributed by atoms with Gasteiger partial charge in [0, 0.05) is 0 Å². The van der Waals surface area contributed by atoms with Gasteiger partial charge in [0.15, 0.2) is 0 Å². The monoisotopic (exact) mass is 438 g/mol. The summed E-state index contributed by atoms with van der Waals surface area (Å²) in [4.78, 5) is 9.00. The van der Waals surface area contributed by atoms with E-state index in [-0.39, 0.29) is 26.2 Å². The third-order valence-electron chi connectivity index (χ3n) is 4.32. The summed E-state index contributed by atoms with van der Waals surface area (Å²) in [5.74, 6) is 0. The zero-order valence-corrected chi connectivity index (χ0v) is 22.4. The van der Waals surface area contributed by atoms with Crippen LogP contribution >= 0.6 is 0 Å². The van der Waals surface area contributed by atoms with E-state index in [2.05, 4.69) is 103 Å². The number of nitrogens with zero attached hydrogens (tertiary/aromatic N) is 4. The molecule has 152 valence electrons. The van der Waals surface area contributed by atoms with Crippen LogP contribution in [0.5, 0.6) is 0 Å². The van der Waals surface area contributed by atoms with Crippen LogP contribution in [0.4, 0.5) is 0 Å². The average molecular weight is 440 g/mol. The molecular formula is C20H52N4Zr+4. The molecule has 0 aliphatic heterocycles. The fourth-order valence-electron chi connectivity index (χ4n) is 0.894. The summed E-state index contributed by atoms with van der Waals surface area (Å²) in [5.41, 5.74) is 0. The minimum atomic E-state index is 0. The van der Waals surface area contributed by atoms with E-state index in [0.717, 1.165) is 52.4 Å². The minimum Gasteiger partial charge on any atom is -0.307 e. The first kappa shape index (κ1) is 36.6. The van der Waals surface area contributed by atoms with Gasteiger partial charge in [0.25, 0.3) is 0 Å². The molecule has 0 heterocycles. The van der Waals surface area contributed by atoms with Crippen molar-refractivity contribution in [3.8, 4) is 0 Å². The van der Waals surface area contributed by atoms with Crippen molar-refractivity contribution in [2.45, 2.75) is 55.4 Å². The molecule has 0 atom stereocenters. The van der Waals surface area contributed by atoms with Gasteiger partial charge < -0.3 is 19.6 Å². The molecule has 0 saturated heterocycles. The van der Waals surface area contributed by atoms with Gasteiger partial charge in [0.2, 0.25) is 0 Å². The van der Waals surface area contributed by atoms with E-state index in [4.69, 9.17) is 0 Å². The number of rotatable bonds is 8. The molecule has 4 nitrogen and oxygen atoms in total. The van der Waals surface area contributed by atoms with E-state index in [0.29, 0.717) is 0 Å². The topological polar surface area (TPSA) is 13.0 Å². The van der Waals surface area contributed by atoms with Crippen LogP contribution in [-0.4, -0.2) is 100 Å². The zero-order valence-electron chi connectivity index (χ0n) is 19.9. The molecule has 0 unspecified atom stereocenters. The van der Waals surface area contributed by atoms with Crippen LogP contribution in [0.2, 0.25) is 0 Å². The first-order valence-corrected chi connectivity index (χ1v) is 9.98. The van der Waals surface area contributed by atoms with Gasteiger partial charge in [-0.1, -0.05) is 55.4 Å². The minimum absolute atomic E-state index is 0. The van der Waals surface area contributed by atoms with Crippen LogP contribution in [0.25, 0.3) is 0 Å². The SMILES string of the molecule is CCN(C)CC.CCN(C)CC.CCN(C)CC.CCN(C)CC.[Zr+4]. The quantitative estimate of drug-likeness (QED) is 0.570. The second-order valence-corrected chi connectivity index (χ2v) is 5.95. The van der Waals surface area contributed by atoms with Crippen LogP contribution in [0.1, 0.15) is 55.4 Å². The average Bonchev–Trinajstić information content (AvgIpc) is 2.66. The fraction of sp³-hybridized carbons (Fsp3) is 1.00. The molecule has 0 rings (SSSR count). The van der Waals surface area contributed by atoms with Gasteiger partial charge in [0.05, 0.1) is 0 Å². The van der Waals surface area contributed by atoms with E-state index in [9.17, 15) is 0 Å². The second-order valence-electron chi connectivity index (χ2n) is 5.95. The van der Waals surface area contributed by atoms with Crippen LogP contribution < -0.4 is 0 Å². The maximum Gasteiger partial charge on any atom is 4.00 e. The molecule has 0 aromatic heterocycles. The second kappa shape index (κ2) is 32.4. The van der Waals surface area contributed by atoms with Gasteiger partial charge in [-0.2, -0.15) is 0 Å². The Morgan fingerprint density at radius 3 is 0.400 bits per heavy atom. The van der Waals surface area contributed by atoms with Gasteiger partial charge in [-0.3, -0.25) is 0 Å². The summed E-state index contributed by atoms with van der Waals surface area (Å²) >= 11 is 0. The van der Waals surface area contributed by atoms with Gasteiger partial charge in [-0.05, 0) is 80.5 Å². The number of hydrogen-bond acceptors (Lipinski definition) is 4. The molecule has 5 heteroatoms. The van der Waals surface area contributed by atoms with E-state index in [1.807, 2.05) is 0 Å². The Labute approximate surface area is 181 Å². The van der Waals surface area contributed by atoms with Crippen LogP contribution in [-0.2, 0) is 26.2 Å². The van der Waals surface area contributed by atoms with Crippen molar-refractivity contribution in [2.24, 2.45) is 0 Å². The molecule has 0 aromatic rings. The molecule has 0 radical (unpaired) electrons. The van der Waals surface area contributed by atoms with Crippen LogP contribution in [0.15, 0.2) is 0 Å². The summed E-state index contributed by atoms with van der Waals surface area (Å²) in [6, 6.07) is 0. The van der Waals surface area contributed by atoms with Gasteiger partial charge in [-0.25, -0.2) is 0 Å². The van der Waals surface area contributed by atoms with Crippen molar-refractivity contribution in [1.29, 1.82) is 0 Å². The maximum atomic E-state index is 2.25. The van der Waals surface area contributed by atoms with Crippen molar-refractivity contribution >= 4 is 0 Å². The molecule has 0 saturated carbocycles. The fourth-order valence-corrected chi connectivity index (χ4v) is 0.894. The van der Waals surface area contributed by atoms with E-state index in [1.165, 1.54) is 0 Å². The molecule has 0 N–H and O–H groups in total. The molecule has 0 bridgehead atoms. The van der Waals surface area contributed by atoms with Crippen LogP contribution in [0.3, 0.4) is 0 Å². The molecular weight excluding hydrogens is 387 g/mol. The Bertz CT molecular complexity index is 139. The van der Waals surface area contributed by atoms with E-state index >= 15 is 0 Å². The predicted octanol–water partition coefficient (Wildman–Crippen LogP) is 3.83. The first-order chi connectivity index (χ1) is 11.2. The standard InChI is InChI=1S/4C5H13N.Zr/c4*1-4-6(3)5-2;/h4*4-5H2,1-3H3;/q;;;;+4. The molecule has 25 heavy (non-hydrogen) atoms. The molecule has 0 aliphatic rings. The third-order valence-corrected chi connectivity index (χ3v) is 4.32. The van der Waals surface area contributed by atoms with Gasteiger partial charge >= 0.3 is 26.2 Å².